The van der Waals surface area contributed by atoms with E-state index in [-0.39, 0.29) is 0 Å². The van der Waals surface area contributed by atoms with E-state index in [0.717, 1.165) is 79.4 Å². The van der Waals surface area contributed by atoms with Crippen LogP contribution in [0.25, 0.3) is 44.5 Å². The topological polar surface area (TPSA) is 34.2 Å². The van der Waals surface area contributed by atoms with Crippen molar-refractivity contribution in [1.82, 2.24) is 0 Å². The second-order valence-corrected chi connectivity index (χ2v) is 16.1. The predicted molar refractivity (Wildman–Crippen MR) is 277 cm³/mol. The Balaban J connectivity index is 0.823. The number of hydrogen-bond donors (Lipinski definition) is 0. The molecule has 67 heavy (non-hydrogen) atoms. The zero-order chi connectivity index (χ0) is 45.4. The fourth-order valence-electron chi connectivity index (χ4n) is 8.40. The normalized spacial score (nSPS) is 10.8. The largest absolute Gasteiger partial charge is 0.497 e. The molecule has 0 aromatic heterocycles. The zero-order valence-corrected chi connectivity index (χ0v) is 37.4. The summed E-state index contributed by atoms with van der Waals surface area (Å²) >= 11 is 0. The molecule has 0 bridgehead atoms. The molecule has 0 saturated carbocycles. The van der Waals surface area contributed by atoms with Crippen molar-refractivity contribution in [2.24, 2.45) is 0 Å². The highest BCUT2D eigenvalue weighted by Crippen LogP contribution is 2.40. The van der Waals surface area contributed by atoms with E-state index in [2.05, 4.69) is 204 Å². The Kier molecular flexibility index (Phi) is 12.3. The van der Waals surface area contributed by atoms with E-state index in [9.17, 15) is 0 Å². The van der Waals surface area contributed by atoms with Gasteiger partial charge in [-0.1, -0.05) is 133 Å². The van der Waals surface area contributed by atoms with Gasteiger partial charge in [-0.2, -0.15) is 0 Å². The lowest BCUT2D eigenvalue weighted by Crippen LogP contribution is -2.09. The first-order valence-electron chi connectivity index (χ1n) is 22.4. The average Bonchev–Trinajstić information content (AvgIpc) is 3.41. The smallest absolute Gasteiger partial charge is 0.127 e. The summed E-state index contributed by atoms with van der Waals surface area (Å²) in [6.45, 7) is 0. The summed E-state index contributed by atoms with van der Waals surface area (Å²) < 4.78 is 17.3. The molecule has 10 aromatic carbocycles. The van der Waals surface area contributed by atoms with Crippen molar-refractivity contribution in [2.75, 3.05) is 24.0 Å². The highest BCUT2D eigenvalue weighted by molar-refractivity contribution is 5.82. The van der Waals surface area contributed by atoms with Crippen molar-refractivity contribution < 1.29 is 14.2 Å². The summed E-state index contributed by atoms with van der Waals surface area (Å²) in [7, 11) is 3.38. The van der Waals surface area contributed by atoms with Crippen LogP contribution in [0.1, 0.15) is 0 Å². The van der Waals surface area contributed by atoms with E-state index in [1.165, 1.54) is 22.3 Å². The first-order chi connectivity index (χ1) is 33.1. The van der Waals surface area contributed by atoms with Crippen LogP contribution in [0.15, 0.2) is 255 Å². The molecule has 0 fully saturated rings. The molecule has 0 aliphatic carbocycles. The molecule has 0 heterocycles. The molecular weight excluding hydrogens is 821 g/mol. The van der Waals surface area contributed by atoms with Gasteiger partial charge < -0.3 is 24.0 Å². The minimum absolute atomic E-state index is 0.775. The number of anilines is 6. The molecule has 10 aromatic rings. The number of benzene rings is 10. The third kappa shape index (κ3) is 9.54. The molecule has 5 heteroatoms. The van der Waals surface area contributed by atoms with Crippen LogP contribution in [0.2, 0.25) is 0 Å². The quantitative estimate of drug-likeness (QED) is 0.109. The predicted octanol–water partition coefficient (Wildman–Crippen LogP) is 17.1. The molecule has 0 aliphatic rings. The van der Waals surface area contributed by atoms with E-state index in [4.69, 9.17) is 14.2 Å². The van der Waals surface area contributed by atoms with Crippen LogP contribution in [-0.4, -0.2) is 14.2 Å². The summed E-state index contributed by atoms with van der Waals surface area (Å²) in [4.78, 5) is 4.53. The summed E-state index contributed by atoms with van der Waals surface area (Å²) in [5.74, 6) is 3.19. The lowest BCUT2D eigenvalue weighted by atomic mass is 10.0. The Morgan fingerprint density at radius 2 is 0.403 bits per heavy atom. The van der Waals surface area contributed by atoms with Gasteiger partial charge in [0.05, 0.1) is 14.2 Å². The number of methoxy groups -OCH3 is 2. The van der Waals surface area contributed by atoms with E-state index in [0.29, 0.717) is 0 Å². The van der Waals surface area contributed by atoms with Crippen LogP contribution in [-0.2, 0) is 0 Å². The molecule has 0 amide bonds. The second-order valence-electron chi connectivity index (χ2n) is 16.1. The fraction of sp³-hybridized carbons (Fsp3) is 0.0323. The van der Waals surface area contributed by atoms with Crippen LogP contribution in [0.4, 0.5) is 34.1 Å². The Hall–Kier alpha value is -8.80. The minimum atomic E-state index is 0.775. The summed E-state index contributed by atoms with van der Waals surface area (Å²) in [5, 5.41) is 0. The third-order valence-corrected chi connectivity index (χ3v) is 12.0. The van der Waals surface area contributed by atoms with Gasteiger partial charge in [-0.05, 0) is 166 Å². The van der Waals surface area contributed by atoms with Crippen molar-refractivity contribution in [3.8, 4) is 67.5 Å². The van der Waals surface area contributed by atoms with Gasteiger partial charge in [0.2, 0.25) is 0 Å². The highest BCUT2D eigenvalue weighted by Gasteiger charge is 2.16. The first kappa shape index (κ1) is 42.2. The SMILES string of the molecule is COc1ccc(N(c2ccc(-c3ccccc3)cc2)c2ccc(-c3ccc(Oc4ccc(-c5ccc(N(c6ccc(OC)cc6)c6ccc(-c7ccccc7)cc6)cc5)cc4)cc3)cc2)cc1. The van der Waals surface area contributed by atoms with Crippen LogP contribution < -0.4 is 24.0 Å². The van der Waals surface area contributed by atoms with E-state index in [1.807, 2.05) is 60.7 Å². The molecule has 0 aliphatic heterocycles. The Labute approximate surface area is 393 Å². The van der Waals surface area contributed by atoms with Crippen molar-refractivity contribution in [1.29, 1.82) is 0 Å². The third-order valence-electron chi connectivity index (χ3n) is 12.0. The lowest BCUT2D eigenvalue weighted by molar-refractivity contribution is 0.414. The lowest BCUT2D eigenvalue weighted by Gasteiger charge is -2.26. The van der Waals surface area contributed by atoms with Crippen LogP contribution >= 0.6 is 0 Å². The molecule has 5 nitrogen and oxygen atoms in total. The van der Waals surface area contributed by atoms with Crippen LogP contribution in [0.3, 0.4) is 0 Å². The fourth-order valence-corrected chi connectivity index (χ4v) is 8.40. The van der Waals surface area contributed by atoms with Crippen molar-refractivity contribution >= 4 is 34.1 Å². The van der Waals surface area contributed by atoms with E-state index >= 15 is 0 Å². The molecule has 0 radical (unpaired) electrons. The number of hydrogen-bond acceptors (Lipinski definition) is 5. The monoisotopic (exact) mass is 868 g/mol. The Bertz CT molecular complexity index is 2920. The Morgan fingerprint density at radius 1 is 0.209 bits per heavy atom. The standard InChI is InChI=1S/C62H48N2O3/c1-65-59-41-33-57(34-42-59)63(53-25-13-47(14-26-53)45-9-5-3-6-10-45)55-29-17-49(18-30-55)51-21-37-61(38-22-51)67-62-39-23-52(24-40-62)50-19-31-56(32-20-50)64(58-35-43-60(66-2)44-36-58)54-27-15-48(16-28-54)46-11-7-4-8-12-46/h3-44H,1-2H3. The molecule has 0 atom stereocenters. The first-order valence-corrected chi connectivity index (χ1v) is 22.4. The molecule has 0 spiro atoms. The molecule has 0 N–H and O–H groups in total. The Morgan fingerprint density at radius 3 is 0.642 bits per heavy atom. The summed E-state index contributed by atoms with van der Waals surface area (Å²) in [6, 6.07) is 88.6. The maximum Gasteiger partial charge on any atom is 0.127 e. The maximum absolute atomic E-state index is 6.33. The zero-order valence-electron chi connectivity index (χ0n) is 37.4. The van der Waals surface area contributed by atoms with Crippen LogP contribution in [0.5, 0.6) is 23.0 Å². The van der Waals surface area contributed by atoms with Crippen molar-refractivity contribution in [3.63, 3.8) is 0 Å². The van der Waals surface area contributed by atoms with Gasteiger partial charge in [0.15, 0.2) is 0 Å². The van der Waals surface area contributed by atoms with Gasteiger partial charge in [0, 0.05) is 34.1 Å². The van der Waals surface area contributed by atoms with E-state index in [1.54, 1.807) is 14.2 Å². The summed E-state index contributed by atoms with van der Waals surface area (Å²) in [6.07, 6.45) is 0. The van der Waals surface area contributed by atoms with Gasteiger partial charge in [0.25, 0.3) is 0 Å². The van der Waals surface area contributed by atoms with Gasteiger partial charge >= 0.3 is 0 Å². The average molecular weight is 869 g/mol. The van der Waals surface area contributed by atoms with Gasteiger partial charge in [-0.15, -0.1) is 0 Å². The number of rotatable bonds is 14. The van der Waals surface area contributed by atoms with E-state index < -0.39 is 0 Å². The van der Waals surface area contributed by atoms with Crippen LogP contribution in [0, 0.1) is 0 Å². The van der Waals surface area contributed by atoms with Crippen molar-refractivity contribution in [3.05, 3.63) is 255 Å². The highest BCUT2D eigenvalue weighted by atomic mass is 16.5. The minimum Gasteiger partial charge on any atom is -0.497 e. The molecule has 0 saturated heterocycles. The number of ether oxygens (including phenoxy) is 3. The molecule has 10 rings (SSSR count). The van der Waals surface area contributed by atoms with Gasteiger partial charge in [-0.3, -0.25) is 0 Å². The number of nitrogens with zero attached hydrogens (tertiary/aromatic N) is 2. The molecule has 0 unspecified atom stereocenters. The molecule has 324 valence electrons. The summed E-state index contributed by atoms with van der Waals surface area (Å²) in [5.41, 5.74) is 15.5. The van der Waals surface area contributed by atoms with Gasteiger partial charge in [0.1, 0.15) is 23.0 Å². The molecular formula is C62H48N2O3. The van der Waals surface area contributed by atoms with Crippen molar-refractivity contribution in [2.45, 2.75) is 0 Å². The second kappa shape index (κ2) is 19.5. The van der Waals surface area contributed by atoms with Gasteiger partial charge in [-0.25, -0.2) is 0 Å². The maximum atomic E-state index is 6.33.